The molecule has 0 aromatic heterocycles. The Hall–Kier alpha value is -0.960. The maximum Gasteiger partial charge on any atom is 0.126 e. The maximum absolute atomic E-state index is 13.3. The summed E-state index contributed by atoms with van der Waals surface area (Å²) in [6.45, 7) is 6.83. The van der Waals surface area contributed by atoms with E-state index in [2.05, 4.69) is 20.8 Å². The number of nitrogens with two attached hydrogens (primary N) is 1. The second-order valence-corrected chi connectivity index (χ2v) is 7.21. The Bertz CT molecular complexity index is 436. The molecule has 0 amide bonds. The third-order valence-electron chi connectivity index (χ3n) is 4.77. The van der Waals surface area contributed by atoms with Crippen LogP contribution in [0.15, 0.2) is 18.2 Å². The fraction of sp³-hybridized carbons (Fsp3) is 0.647. The highest BCUT2D eigenvalue weighted by atomic mass is 19.1. The van der Waals surface area contributed by atoms with Crippen molar-refractivity contribution in [2.75, 3.05) is 0 Å². The topological polar surface area (TPSA) is 26.0 Å². The number of hydrogen-bond donors (Lipinski definition) is 1. The summed E-state index contributed by atoms with van der Waals surface area (Å²) < 4.78 is 26.6. The van der Waals surface area contributed by atoms with Crippen LogP contribution >= 0.6 is 0 Å². The average molecular weight is 281 g/mol. The van der Waals surface area contributed by atoms with Crippen molar-refractivity contribution in [3.63, 3.8) is 0 Å². The van der Waals surface area contributed by atoms with Crippen LogP contribution in [0.5, 0.6) is 0 Å². The fourth-order valence-electron chi connectivity index (χ4n) is 3.38. The number of benzene rings is 1. The number of hydrogen-bond acceptors (Lipinski definition) is 1. The SMILES string of the molecule is CC(C)(C)C1CCC(C(N)c2cc(F)cc(F)c2)CC1. The summed E-state index contributed by atoms with van der Waals surface area (Å²) in [4.78, 5) is 0. The van der Waals surface area contributed by atoms with E-state index in [4.69, 9.17) is 5.73 Å². The molecule has 1 nitrogen and oxygen atoms in total. The van der Waals surface area contributed by atoms with Crippen molar-refractivity contribution >= 4 is 0 Å². The normalized spacial score (nSPS) is 25.5. The van der Waals surface area contributed by atoms with Gasteiger partial charge in [-0.15, -0.1) is 0 Å². The molecule has 3 heteroatoms. The molecule has 1 aliphatic carbocycles. The van der Waals surface area contributed by atoms with E-state index in [1.165, 1.54) is 12.1 Å². The lowest BCUT2D eigenvalue weighted by molar-refractivity contribution is 0.139. The van der Waals surface area contributed by atoms with Crippen molar-refractivity contribution < 1.29 is 8.78 Å². The zero-order valence-corrected chi connectivity index (χ0v) is 12.6. The first-order valence-electron chi connectivity index (χ1n) is 7.49. The minimum atomic E-state index is -0.543. The van der Waals surface area contributed by atoms with Crippen LogP contribution in [0.2, 0.25) is 0 Å². The number of halogens is 2. The summed E-state index contributed by atoms with van der Waals surface area (Å²) in [5.74, 6) is -0.0392. The third kappa shape index (κ3) is 3.57. The van der Waals surface area contributed by atoms with Gasteiger partial charge in [-0.05, 0) is 60.6 Å². The molecule has 0 heterocycles. The van der Waals surface area contributed by atoms with E-state index in [0.29, 0.717) is 16.9 Å². The summed E-state index contributed by atoms with van der Waals surface area (Å²) in [6.07, 6.45) is 4.39. The Morgan fingerprint density at radius 1 is 1.00 bits per heavy atom. The van der Waals surface area contributed by atoms with E-state index in [9.17, 15) is 8.78 Å². The third-order valence-corrected chi connectivity index (χ3v) is 4.77. The highest BCUT2D eigenvalue weighted by molar-refractivity contribution is 5.22. The summed E-state index contributed by atoms with van der Waals surface area (Å²) in [7, 11) is 0. The Labute approximate surface area is 120 Å². The van der Waals surface area contributed by atoms with Crippen molar-refractivity contribution in [3.8, 4) is 0 Å². The van der Waals surface area contributed by atoms with Crippen molar-refractivity contribution in [1.29, 1.82) is 0 Å². The van der Waals surface area contributed by atoms with E-state index in [1.807, 2.05) is 0 Å². The molecule has 1 saturated carbocycles. The molecule has 1 aliphatic rings. The second kappa shape index (κ2) is 5.80. The quantitative estimate of drug-likeness (QED) is 0.826. The van der Waals surface area contributed by atoms with Gasteiger partial charge in [0.1, 0.15) is 11.6 Å². The Morgan fingerprint density at radius 3 is 1.95 bits per heavy atom. The van der Waals surface area contributed by atoms with Crippen LogP contribution in [0.3, 0.4) is 0 Å². The van der Waals surface area contributed by atoms with Gasteiger partial charge in [0, 0.05) is 12.1 Å². The van der Waals surface area contributed by atoms with Crippen LogP contribution in [-0.2, 0) is 0 Å². The molecule has 2 rings (SSSR count). The zero-order valence-electron chi connectivity index (χ0n) is 12.6. The lowest BCUT2D eigenvalue weighted by Gasteiger charge is -2.38. The van der Waals surface area contributed by atoms with Gasteiger partial charge in [-0.25, -0.2) is 8.78 Å². The van der Waals surface area contributed by atoms with Gasteiger partial charge < -0.3 is 5.73 Å². The molecule has 2 N–H and O–H groups in total. The second-order valence-electron chi connectivity index (χ2n) is 7.21. The largest absolute Gasteiger partial charge is 0.324 e. The van der Waals surface area contributed by atoms with Gasteiger partial charge in [-0.3, -0.25) is 0 Å². The molecule has 1 fully saturated rings. The van der Waals surface area contributed by atoms with Crippen molar-refractivity contribution in [1.82, 2.24) is 0 Å². The average Bonchev–Trinajstić information content (AvgIpc) is 2.36. The molecule has 1 aromatic carbocycles. The highest BCUT2D eigenvalue weighted by Gasteiger charge is 2.32. The van der Waals surface area contributed by atoms with Crippen molar-refractivity contribution in [2.24, 2.45) is 23.0 Å². The Morgan fingerprint density at radius 2 is 1.50 bits per heavy atom. The molecule has 20 heavy (non-hydrogen) atoms. The van der Waals surface area contributed by atoms with Crippen LogP contribution < -0.4 is 5.73 Å². The maximum atomic E-state index is 13.3. The van der Waals surface area contributed by atoms with Crippen molar-refractivity contribution in [3.05, 3.63) is 35.4 Å². The standard InChI is InChI=1S/C17H25F2N/c1-17(2,3)13-6-4-11(5-7-13)16(20)12-8-14(18)10-15(19)9-12/h8-11,13,16H,4-7,20H2,1-3H3. The molecular weight excluding hydrogens is 256 g/mol. The lowest BCUT2D eigenvalue weighted by atomic mass is 9.68. The molecular formula is C17H25F2N. The van der Waals surface area contributed by atoms with E-state index in [1.54, 1.807) is 0 Å². The first-order chi connectivity index (χ1) is 9.27. The van der Waals surface area contributed by atoms with Gasteiger partial charge in [0.25, 0.3) is 0 Å². The molecule has 0 aliphatic heterocycles. The van der Waals surface area contributed by atoms with Gasteiger partial charge in [0.05, 0.1) is 0 Å². The first kappa shape index (κ1) is 15.4. The van der Waals surface area contributed by atoms with E-state index in [0.717, 1.165) is 37.7 Å². The van der Waals surface area contributed by atoms with Crippen LogP contribution in [0.25, 0.3) is 0 Å². The molecule has 0 radical (unpaired) electrons. The van der Waals surface area contributed by atoms with E-state index in [-0.39, 0.29) is 6.04 Å². The Balaban J connectivity index is 2.03. The minimum absolute atomic E-state index is 0.263. The number of rotatable bonds is 2. The predicted octanol–water partition coefficient (Wildman–Crippen LogP) is 4.82. The van der Waals surface area contributed by atoms with Crippen LogP contribution in [0.1, 0.15) is 58.1 Å². The predicted molar refractivity (Wildman–Crippen MR) is 78.2 cm³/mol. The van der Waals surface area contributed by atoms with Gasteiger partial charge >= 0.3 is 0 Å². The fourth-order valence-corrected chi connectivity index (χ4v) is 3.38. The van der Waals surface area contributed by atoms with Gasteiger partial charge in [0.15, 0.2) is 0 Å². The molecule has 1 atom stereocenters. The summed E-state index contributed by atoms with van der Waals surface area (Å²) >= 11 is 0. The first-order valence-corrected chi connectivity index (χ1v) is 7.49. The zero-order chi connectivity index (χ0) is 14.9. The molecule has 0 bridgehead atoms. The summed E-state index contributed by atoms with van der Waals surface area (Å²) in [5.41, 5.74) is 7.15. The van der Waals surface area contributed by atoms with Gasteiger partial charge in [-0.2, -0.15) is 0 Å². The lowest BCUT2D eigenvalue weighted by Crippen LogP contribution is -2.30. The smallest absolute Gasteiger partial charge is 0.126 e. The summed E-state index contributed by atoms with van der Waals surface area (Å²) in [6, 6.07) is 3.36. The Kier molecular flexibility index (Phi) is 4.48. The minimum Gasteiger partial charge on any atom is -0.324 e. The summed E-state index contributed by atoms with van der Waals surface area (Å²) in [5, 5.41) is 0. The van der Waals surface area contributed by atoms with Crippen LogP contribution in [0.4, 0.5) is 8.78 Å². The monoisotopic (exact) mass is 281 g/mol. The van der Waals surface area contributed by atoms with Crippen LogP contribution in [0, 0.1) is 28.9 Å². The van der Waals surface area contributed by atoms with E-state index >= 15 is 0 Å². The molecule has 1 aromatic rings. The van der Waals surface area contributed by atoms with Crippen LogP contribution in [-0.4, -0.2) is 0 Å². The molecule has 0 saturated heterocycles. The van der Waals surface area contributed by atoms with E-state index < -0.39 is 11.6 Å². The molecule has 1 unspecified atom stereocenters. The highest BCUT2D eigenvalue weighted by Crippen LogP contribution is 2.42. The van der Waals surface area contributed by atoms with Gasteiger partial charge in [0.2, 0.25) is 0 Å². The van der Waals surface area contributed by atoms with Gasteiger partial charge in [-0.1, -0.05) is 20.8 Å². The molecule has 0 spiro atoms. The molecule has 112 valence electrons. The van der Waals surface area contributed by atoms with Crippen molar-refractivity contribution in [2.45, 2.75) is 52.5 Å².